The molecule has 1 aliphatic heterocycles. The summed E-state index contributed by atoms with van der Waals surface area (Å²) in [5.41, 5.74) is 12.1. The summed E-state index contributed by atoms with van der Waals surface area (Å²) < 4.78 is 15.4. The Labute approximate surface area is 305 Å². The van der Waals surface area contributed by atoms with Crippen LogP contribution in [0, 0.1) is 0 Å². The van der Waals surface area contributed by atoms with E-state index in [1.54, 1.807) is 0 Å². The van der Waals surface area contributed by atoms with Crippen LogP contribution in [0.2, 0.25) is 0 Å². The van der Waals surface area contributed by atoms with Gasteiger partial charge in [0, 0.05) is 55.5 Å². The number of hydrogen-bond donors (Lipinski definition) is 0. The molecule has 53 heavy (non-hydrogen) atoms. The van der Waals surface area contributed by atoms with Crippen LogP contribution in [0.5, 0.6) is 0 Å². The van der Waals surface area contributed by atoms with Gasteiger partial charge in [0.15, 0.2) is 5.58 Å². The first-order chi connectivity index (χ1) is 26.1. The Morgan fingerprint density at radius 3 is 2.02 bits per heavy atom. The van der Waals surface area contributed by atoms with E-state index in [-0.39, 0.29) is 11.5 Å². The average Bonchev–Trinajstić information content (AvgIpc) is 3.93. The van der Waals surface area contributed by atoms with Gasteiger partial charge in [-0.25, -0.2) is 0 Å². The van der Waals surface area contributed by atoms with Gasteiger partial charge in [-0.15, -0.1) is 0 Å². The molecule has 3 aromatic heterocycles. The number of allylic oxidation sites excluding steroid dienone is 1. The fraction of sp³-hybridized carbons (Fsp3) is 0.102. The molecule has 252 valence electrons. The fourth-order valence-electron chi connectivity index (χ4n) is 9.81. The molecule has 0 saturated heterocycles. The maximum absolute atomic E-state index is 6.59. The monoisotopic (exact) mass is 682 g/mol. The summed E-state index contributed by atoms with van der Waals surface area (Å²) in [6.45, 7) is 2.40. The lowest BCUT2D eigenvalue weighted by molar-refractivity contribution is 0.420. The lowest BCUT2D eigenvalue weighted by Crippen LogP contribution is -2.43. The Morgan fingerprint density at radius 2 is 1.19 bits per heavy atom. The second kappa shape index (κ2) is 10.5. The topological polar surface area (TPSA) is 34.5 Å². The van der Waals surface area contributed by atoms with Crippen LogP contribution < -0.4 is 4.90 Å². The Bertz CT molecular complexity index is 3100. The summed E-state index contributed by atoms with van der Waals surface area (Å²) in [6.07, 6.45) is 5.91. The summed E-state index contributed by atoms with van der Waals surface area (Å²) in [4.78, 5) is 2.54. The van der Waals surface area contributed by atoms with Gasteiger partial charge in [0.05, 0.1) is 22.3 Å². The first-order valence-electron chi connectivity index (χ1n) is 18.6. The molecule has 0 radical (unpaired) electrons. The summed E-state index contributed by atoms with van der Waals surface area (Å²) in [5, 5.41) is 7.14. The second-order valence-electron chi connectivity index (χ2n) is 15.0. The number of aromatic nitrogens is 1. The van der Waals surface area contributed by atoms with Gasteiger partial charge in [-0.1, -0.05) is 103 Å². The first kappa shape index (κ1) is 29.1. The minimum absolute atomic E-state index is 0.253. The van der Waals surface area contributed by atoms with Crippen LogP contribution in [0.1, 0.15) is 36.3 Å². The zero-order valence-electron chi connectivity index (χ0n) is 29.2. The Balaban J connectivity index is 0.975. The number of furan rings is 2. The van der Waals surface area contributed by atoms with Crippen LogP contribution in [0.15, 0.2) is 173 Å². The SMILES string of the molecule is CC12C=CC(c3ccc4oc5ccc(-n6c7ccccc7c7ccccc76)cc5c4c3)CC1c1ccccc1N2c1cccc2c1oc1ccccc12. The molecule has 2 aliphatic rings. The van der Waals surface area contributed by atoms with E-state index >= 15 is 0 Å². The van der Waals surface area contributed by atoms with E-state index in [4.69, 9.17) is 8.83 Å². The zero-order valence-corrected chi connectivity index (χ0v) is 29.2. The number of hydrogen-bond acceptors (Lipinski definition) is 3. The molecule has 0 bridgehead atoms. The number of rotatable bonds is 3. The van der Waals surface area contributed by atoms with Crippen molar-refractivity contribution in [1.29, 1.82) is 0 Å². The molecule has 0 spiro atoms. The predicted octanol–water partition coefficient (Wildman–Crippen LogP) is 13.3. The Hall–Kier alpha value is -6.52. The molecule has 3 unspecified atom stereocenters. The highest BCUT2D eigenvalue weighted by Crippen LogP contribution is 2.58. The van der Waals surface area contributed by atoms with E-state index < -0.39 is 0 Å². The van der Waals surface area contributed by atoms with Crippen molar-refractivity contribution in [3.05, 3.63) is 175 Å². The van der Waals surface area contributed by atoms with Gasteiger partial charge >= 0.3 is 0 Å². The van der Waals surface area contributed by atoms with Crippen LogP contribution in [0.3, 0.4) is 0 Å². The van der Waals surface area contributed by atoms with E-state index in [0.717, 1.165) is 61.7 Å². The minimum Gasteiger partial charge on any atom is -0.456 e. The van der Waals surface area contributed by atoms with Gasteiger partial charge in [-0.3, -0.25) is 0 Å². The second-order valence-corrected chi connectivity index (χ2v) is 15.0. The normalized spacial score (nSPS) is 19.7. The molecular weight excluding hydrogens is 649 g/mol. The number of para-hydroxylation sites is 5. The van der Waals surface area contributed by atoms with Crippen molar-refractivity contribution in [2.75, 3.05) is 4.90 Å². The van der Waals surface area contributed by atoms with Crippen molar-refractivity contribution >= 4 is 77.1 Å². The third-order valence-corrected chi connectivity index (χ3v) is 12.3. The number of nitrogens with zero attached hydrogens (tertiary/aromatic N) is 2. The summed E-state index contributed by atoms with van der Waals surface area (Å²) in [6, 6.07) is 54.7. The van der Waals surface area contributed by atoms with Crippen LogP contribution >= 0.6 is 0 Å². The molecule has 0 fully saturated rings. The Kier molecular flexibility index (Phi) is 5.78. The molecule has 4 heteroatoms. The molecule has 0 N–H and O–H groups in total. The summed E-state index contributed by atoms with van der Waals surface area (Å²) >= 11 is 0. The van der Waals surface area contributed by atoms with Gasteiger partial charge in [-0.2, -0.15) is 0 Å². The molecule has 10 aromatic rings. The van der Waals surface area contributed by atoms with Gasteiger partial charge in [0.25, 0.3) is 0 Å². The standard InChI is InChI=1S/C49H34N2O2/c1-49-26-25-31(28-40(49)37-14-4-8-18-43(37)51(49)44-19-10-15-36-35-13-5-9-20-45(35)53-48(36)44)30-21-23-46-38(27-30)39-29-32(22-24-47(39)52-46)50-41-16-6-2-11-33(41)34-12-3-7-17-42(34)50/h2-27,29,31,40H,28H2,1H3. The lowest BCUT2D eigenvalue weighted by Gasteiger charge is -2.42. The molecule has 4 nitrogen and oxygen atoms in total. The Morgan fingerprint density at radius 1 is 0.547 bits per heavy atom. The van der Waals surface area contributed by atoms with Gasteiger partial charge < -0.3 is 18.3 Å². The van der Waals surface area contributed by atoms with E-state index in [9.17, 15) is 0 Å². The lowest BCUT2D eigenvalue weighted by atomic mass is 9.71. The van der Waals surface area contributed by atoms with Crippen molar-refractivity contribution in [3.8, 4) is 5.69 Å². The molecule has 3 atom stereocenters. The smallest absolute Gasteiger partial charge is 0.159 e. The van der Waals surface area contributed by atoms with Gasteiger partial charge in [0.1, 0.15) is 16.7 Å². The van der Waals surface area contributed by atoms with Gasteiger partial charge in [-0.05, 0) is 85.1 Å². The maximum atomic E-state index is 6.59. The van der Waals surface area contributed by atoms with Crippen molar-refractivity contribution in [1.82, 2.24) is 4.57 Å². The van der Waals surface area contributed by atoms with Crippen molar-refractivity contribution in [3.63, 3.8) is 0 Å². The molecule has 12 rings (SSSR count). The van der Waals surface area contributed by atoms with Crippen LogP contribution in [-0.2, 0) is 0 Å². The maximum Gasteiger partial charge on any atom is 0.159 e. The zero-order chi connectivity index (χ0) is 34.8. The third kappa shape index (κ3) is 3.95. The highest BCUT2D eigenvalue weighted by molar-refractivity contribution is 6.11. The first-order valence-corrected chi connectivity index (χ1v) is 18.6. The highest BCUT2D eigenvalue weighted by atomic mass is 16.3. The van der Waals surface area contributed by atoms with Crippen LogP contribution in [0.4, 0.5) is 11.4 Å². The molecular formula is C49H34N2O2. The predicted molar refractivity (Wildman–Crippen MR) is 218 cm³/mol. The summed E-state index contributed by atoms with van der Waals surface area (Å²) in [5.74, 6) is 0.560. The van der Waals surface area contributed by atoms with Crippen LogP contribution in [-0.4, -0.2) is 10.1 Å². The van der Waals surface area contributed by atoms with Crippen LogP contribution in [0.25, 0.3) is 71.4 Å². The van der Waals surface area contributed by atoms with Gasteiger partial charge in [0.2, 0.25) is 0 Å². The third-order valence-electron chi connectivity index (χ3n) is 12.3. The fourth-order valence-corrected chi connectivity index (χ4v) is 9.81. The minimum atomic E-state index is -0.253. The number of benzene rings is 7. The number of fused-ring (bicyclic) bond motifs is 12. The number of anilines is 2. The largest absolute Gasteiger partial charge is 0.456 e. The molecule has 0 amide bonds. The molecule has 0 saturated carbocycles. The molecule has 1 aliphatic carbocycles. The van der Waals surface area contributed by atoms with Crippen molar-refractivity contribution < 1.29 is 8.83 Å². The highest BCUT2D eigenvalue weighted by Gasteiger charge is 2.50. The van der Waals surface area contributed by atoms with E-state index in [1.807, 2.05) is 6.07 Å². The molecule has 4 heterocycles. The van der Waals surface area contributed by atoms with Crippen molar-refractivity contribution in [2.24, 2.45) is 0 Å². The quantitative estimate of drug-likeness (QED) is 0.174. The van der Waals surface area contributed by atoms with Crippen molar-refractivity contribution in [2.45, 2.75) is 30.7 Å². The average molecular weight is 683 g/mol. The van der Waals surface area contributed by atoms with E-state index in [2.05, 4.69) is 174 Å². The van der Waals surface area contributed by atoms with E-state index in [0.29, 0.717) is 5.92 Å². The molecule has 7 aromatic carbocycles. The van der Waals surface area contributed by atoms with E-state index in [1.165, 1.54) is 38.6 Å². The summed E-state index contributed by atoms with van der Waals surface area (Å²) in [7, 11) is 0.